The molecule has 4 rings (SSSR count). The number of nitrogens with one attached hydrogen (secondary N) is 1. The maximum absolute atomic E-state index is 12.9. The van der Waals surface area contributed by atoms with Crippen molar-refractivity contribution in [2.24, 2.45) is 5.92 Å². The molecule has 0 bridgehead atoms. The molecular weight excluding hydrogens is 414 g/mol. The van der Waals surface area contributed by atoms with E-state index in [0.717, 1.165) is 38.2 Å². The molecule has 2 saturated heterocycles. The van der Waals surface area contributed by atoms with E-state index in [2.05, 4.69) is 20.1 Å². The van der Waals surface area contributed by atoms with Gasteiger partial charge in [-0.05, 0) is 44.2 Å². The Balaban J connectivity index is 1.41. The van der Waals surface area contributed by atoms with E-state index in [0.29, 0.717) is 25.5 Å². The zero-order chi connectivity index (χ0) is 21.8. The molecule has 2 aliphatic rings. The molecule has 2 fully saturated rings. The number of aromatic nitrogens is 1. The molecular formula is C22H29N5O3S. The minimum atomic E-state index is -3.53. The van der Waals surface area contributed by atoms with E-state index in [1.54, 1.807) is 12.1 Å². The minimum absolute atomic E-state index is 0.00478. The van der Waals surface area contributed by atoms with Crippen molar-refractivity contribution < 1.29 is 13.2 Å². The fraction of sp³-hybridized carbons (Fsp3) is 0.455. The van der Waals surface area contributed by atoms with Crippen LogP contribution in [0.25, 0.3) is 0 Å². The fourth-order valence-electron chi connectivity index (χ4n) is 4.05. The van der Waals surface area contributed by atoms with Crippen LogP contribution in [0, 0.1) is 5.92 Å². The molecule has 0 radical (unpaired) electrons. The number of rotatable bonds is 5. The molecule has 2 aliphatic heterocycles. The second kappa shape index (κ2) is 9.33. The van der Waals surface area contributed by atoms with E-state index < -0.39 is 10.0 Å². The van der Waals surface area contributed by atoms with E-state index in [1.165, 1.54) is 10.5 Å². The maximum atomic E-state index is 12.9. The smallest absolute Gasteiger partial charge is 0.244 e. The highest BCUT2D eigenvalue weighted by Gasteiger charge is 2.29. The van der Waals surface area contributed by atoms with Gasteiger partial charge in [0.25, 0.3) is 0 Å². The third kappa shape index (κ3) is 5.06. The number of carbonyl (C=O) groups excluding carboxylic acids is 1. The highest BCUT2D eigenvalue weighted by atomic mass is 32.2. The molecule has 1 atom stereocenters. The highest BCUT2D eigenvalue weighted by Crippen LogP contribution is 2.25. The lowest BCUT2D eigenvalue weighted by molar-refractivity contribution is -0.120. The molecule has 2 aromatic rings. The number of pyridine rings is 1. The van der Waals surface area contributed by atoms with Crippen molar-refractivity contribution in [2.75, 3.05) is 56.5 Å². The molecule has 1 unspecified atom stereocenters. The first kappa shape index (κ1) is 21.7. The molecule has 3 heterocycles. The summed E-state index contributed by atoms with van der Waals surface area (Å²) in [6.45, 7) is 3.80. The number of hydrogen-bond donors (Lipinski definition) is 1. The van der Waals surface area contributed by atoms with Crippen LogP contribution in [0.2, 0.25) is 0 Å². The van der Waals surface area contributed by atoms with Gasteiger partial charge < -0.3 is 15.1 Å². The lowest BCUT2D eigenvalue weighted by Gasteiger charge is -2.33. The summed E-state index contributed by atoms with van der Waals surface area (Å²) in [5.74, 6) is 0.573. The number of carbonyl (C=O) groups is 1. The van der Waals surface area contributed by atoms with Crippen LogP contribution in [-0.2, 0) is 14.8 Å². The van der Waals surface area contributed by atoms with Crippen molar-refractivity contribution in [2.45, 2.75) is 17.7 Å². The first-order valence-electron chi connectivity index (χ1n) is 10.7. The summed E-state index contributed by atoms with van der Waals surface area (Å²) in [5.41, 5.74) is 0.793. The third-order valence-corrected chi connectivity index (χ3v) is 7.86. The molecule has 8 nitrogen and oxygen atoms in total. The van der Waals surface area contributed by atoms with Crippen LogP contribution in [0.4, 0.5) is 11.5 Å². The summed E-state index contributed by atoms with van der Waals surface area (Å²) >= 11 is 0. The Bertz CT molecular complexity index is 990. The molecule has 1 N–H and O–H groups in total. The summed E-state index contributed by atoms with van der Waals surface area (Å²) in [7, 11) is -1.54. The van der Waals surface area contributed by atoms with Crippen LogP contribution in [0.5, 0.6) is 0 Å². The zero-order valence-electron chi connectivity index (χ0n) is 17.8. The van der Waals surface area contributed by atoms with E-state index in [4.69, 9.17) is 0 Å². The number of sulfonamides is 1. The van der Waals surface area contributed by atoms with Gasteiger partial charge in [0.15, 0.2) is 0 Å². The van der Waals surface area contributed by atoms with Crippen LogP contribution >= 0.6 is 0 Å². The van der Waals surface area contributed by atoms with Gasteiger partial charge in [-0.2, -0.15) is 4.31 Å². The molecule has 1 aromatic heterocycles. The Morgan fingerprint density at radius 3 is 2.45 bits per heavy atom. The second-order valence-corrected chi connectivity index (χ2v) is 10.1. The van der Waals surface area contributed by atoms with Gasteiger partial charge in [0.05, 0.1) is 5.92 Å². The predicted molar refractivity (Wildman–Crippen MR) is 121 cm³/mol. The quantitative estimate of drug-likeness (QED) is 0.759. The average Bonchev–Trinajstić information content (AvgIpc) is 2.80. The van der Waals surface area contributed by atoms with Gasteiger partial charge in [0.2, 0.25) is 15.9 Å². The van der Waals surface area contributed by atoms with Gasteiger partial charge in [0.1, 0.15) is 10.7 Å². The second-order valence-electron chi connectivity index (χ2n) is 8.20. The van der Waals surface area contributed by atoms with Gasteiger partial charge in [0, 0.05) is 51.2 Å². The normalized spacial score (nSPS) is 21.1. The largest absolute Gasteiger partial charge is 0.356 e. The summed E-state index contributed by atoms with van der Waals surface area (Å²) in [4.78, 5) is 21.5. The van der Waals surface area contributed by atoms with Gasteiger partial charge in [-0.3, -0.25) is 4.79 Å². The number of hydrogen-bond acceptors (Lipinski definition) is 6. The Hall–Kier alpha value is -2.49. The van der Waals surface area contributed by atoms with Crippen LogP contribution in [0.3, 0.4) is 0 Å². The van der Waals surface area contributed by atoms with Crippen LogP contribution < -0.4 is 10.2 Å². The molecule has 0 aliphatic carbocycles. The van der Waals surface area contributed by atoms with Gasteiger partial charge in [-0.1, -0.05) is 18.2 Å². The Kier molecular flexibility index (Phi) is 6.54. The number of para-hydroxylation sites is 1. The minimum Gasteiger partial charge on any atom is -0.356 e. The van der Waals surface area contributed by atoms with Crippen molar-refractivity contribution in [3.8, 4) is 0 Å². The van der Waals surface area contributed by atoms with Crippen LogP contribution in [-0.4, -0.2) is 74.8 Å². The van der Waals surface area contributed by atoms with Crippen molar-refractivity contribution in [1.82, 2.24) is 14.2 Å². The van der Waals surface area contributed by atoms with E-state index >= 15 is 0 Å². The SMILES string of the molecule is CN1CCN(S(=O)(=O)c2ccc(N3CCCC(C(=O)Nc4ccccc4)C3)nc2)CC1. The van der Waals surface area contributed by atoms with Crippen LogP contribution in [0.1, 0.15) is 12.8 Å². The predicted octanol–water partition coefficient (Wildman–Crippen LogP) is 1.87. The number of likely N-dealkylation sites (N-methyl/N-ethyl adjacent to an activating group) is 1. The van der Waals surface area contributed by atoms with Crippen molar-refractivity contribution in [3.63, 3.8) is 0 Å². The Morgan fingerprint density at radius 2 is 1.77 bits per heavy atom. The van der Waals surface area contributed by atoms with E-state index in [-0.39, 0.29) is 16.7 Å². The number of piperazine rings is 1. The maximum Gasteiger partial charge on any atom is 0.244 e. The molecule has 0 saturated carbocycles. The standard InChI is InChI=1S/C22H29N5O3S/c1-25-12-14-27(15-13-25)31(29,30)20-9-10-21(23-16-20)26-11-5-6-18(17-26)22(28)24-19-7-3-2-4-8-19/h2-4,7-10,16,18H,5-6,11-15,17H2,1H3,(H,24,28). The molecule has 9 heteroatoms. The monoisotopic (exact) mass is 443 g/mol. The van der Waals surface area contributed by atoms with Gasteiger partial charge >= 0.3 is 0 Å². The van der Waals surface area contributed by atoms with Crippen LogP contribution in [0.15, 0.2) is 53.6 Å². The summed E-state index contributed by atoms with van der Waals surface area (Å²) in [6.07, 6.45) is 3.15. The van der Waals surface area contributed by atoms with Crippen molar-refractivity contribution in [1.29, 1.82) is 0 Å². The number of piperidine rings is 1. The summed E-state index contributed by atoms with van der Waals surface area (Å²) in [5, 5.41) is 2.98. The lowest BCUT2D eigenvalue weighted by atomic mass is 9.97. The Labute approximate surface area is 183 Å². The summed E-state index contributed by atoms with van der Waals surface area (Å²) < 4.78 is 27.3. The highest BCUT2D eigenvalue weighted by molar-refractivity contribution is 7.89. The molecule has 1 aromatic carbocycles. The van der Waals surface area contributed by atoms with Gasteiger partial charge in [-0.15, -0.1) is 0 Å². The molecule has 1 amide bonds. The average molecular weight is 444 g/mol. The van der Waals surface area contributed by atoms with Crippen molar-refractivity contribution in [3.05, 3.63) is 48.7 Å². The first-order chi connectivity index (χ1) is 14.9. The number of amides is 1. The lowest BCUT2D eigenvalue weighted by Crippen LogP contribution is -2.47. The Morgan fingerprint density at radius 1 is 1.03 bits per heavy atom. The number of benzene rings is 1. The van der Waals surface area contributed by atoms with Gasteiger partial charge in [-0.25, -0.2) is 13.4 Å². The molecule has 0 spiro atoms. The fourth-order valence-corrected chi connectivity index (χ4v) is 5.42. The van der Waals surface area contributed by atoms with E-state index in [1.807, 2.05) is 37.4 Å². The zero-order valence-corrected chi connectivity index (χ0v) is 18.6. The molecule has 31 heavy (non-hydrogen) atoms. The first-order valence-corrected chi connectivity index (χ1v) is 12.1. The number of nitrogens with zero attached hydrogens (tertiary/aromatic N) is 4. The summed E-state index contributed by atoms with van der Waals surface area (Å²) in [6, 6.07) is 12.8. The van der Waals surface area contributed by atoms with E-state index in [9.17, 15) is 13.2 Å². The number of anilines is 2. The molecule has 166 valence electrons. The third-order valence-electron chi connectivity index (χ3n) is 5.98. The van der Waals surface area contributed by atoms with Crippen molar-refractivity contribution >= 4 is 27.4 Å². The topological polar surface area (TPSA) is 85.9 Å².